The van der Waals surface area contributed by atoms with Crippen molar-refractivity contribution in [1.82, 2.24) is 14.9 Å². The number of aromatic nitrogens is 2. The van der Waals surface area contributed by atoms with Crippen LogP contribution in [0.2, 0.25) is 0 Å². The maximum Gasteiger partial charge on any atom is 0.241 e. The van der Waals surface area contributed by atoms with Gasteiger partial charge in [-0.3, -0.25) is 0 Å². The third-order valence-corrected chi connectivity index (χ3v) is 5.71. The Morgan fingerprint density at radius 1 is 1.07 bits per heavy atom. The van der Waals surface area contributed by atoms with E-state index in [1.807, 2.05) is 0 Å². The lowest BCUT2D eigenvalue weighted by molar-refractivity contribution is 0.174. The first kappa shape index (κ1) is 17.5. The van der Waals surface area contributed by atoms with Crippen molar-refractivity contribution < 1.29 is 22.4 Å². The molecule has 0 saturated heterocycles. The lowest BCUT2D eigenvalue weighted by atomic mass is 10.1. The normalized spacial score (nSPS) is 13.1. The largest absolute Gasteiger partial charge is 0.454 e. The molecule has 2 aromatic carbocycles. The highest BCUT2D eigenvalue weighted by atomic mass is 32.2. The van der Waals surface area contributed by atoms with Crippen LogP contribution < -0.4 is 14.2 Å². The Hall–Kier alpha value is -2.91. The van der Waals surface area contributed by atoms with E-state index >= 15 is 0 Å². The predicted molar refractivity (Wildman–Crippen MR) is 95.8 cm³/mol. The fraction of sp³-hybridized carbons (Fsp3) is 0.222. The molecule has 0 amide bonds. The van der Waals surface area contributed by atoms with Crippen molar-refractivity contribution in [2.45, 2.75) is 25.3 Å². The van der Waals surface area contributed by atoms with E-state index in [9.17, 15) is 8.42 Å². The Balaban J connectivity index is 1.58. The van der Waals surface area contributed by atoms with Crippen LogP contribution in [-0.2, 0) is 16.6 Å². The second-order valence-electron chi connectivity index (χ2n) is 6.13. The van der Waals surface area contributed by atoms with Gasteiger partial charge in [-0.1, -0.05) is 23.4 Å². The Morgan fingerprint density at radius 3 is 2.67 bits per heavy atom. The van der Waals surface area contributed by atoms with Crippen LogP contribution in [-0.4, -0.2) is 25.4 Å². The molecule has 1 aromatic heterocycles. The monoisotopic (exact) mass is 387 g/mol. The van der Waals surface area contributed by atoms with Gasteiger partial charge in [-0.25, -0.2) is 13.1 Å². The molecule has 0 aliphatic carbocycles. The summed E-state index contributed by atoms with van der Waals surface area (Å²) in [7, 11) is -3.74. The van der Waals surface area contributed by atoms with Crippen molar-refractivity contribution in [3.05, 3.63) is 53.4 Å². The number of rotatable bonds is 5. The fourth-order valence-corrected chi connectivity index (χ4v) is 4.04. The van der Waals surface area contributed by atoms with Crippen LogP contribution in [0.25, 0.3) is 11.4 Å². The number of aryl methyl sites for hydroxylation is 2. The van der Waals surface area contributed by atoms with E-state index < -0.39 is 10.0 Å². The van der Waals surface area contributed by atoms with Crippen molar-refractivity contribution >= 4 is 10.0 Å². The average Bonchev–Trinajstić information content (AvgIpc) is 3.28. The lowest BCUT2D eigenvalue weighted by Crippen LogP contribution is -2.24. The first-order valence-corrected chi connectivity index (χ1v) is 9.70. The van der Waals surface area contributed by atoms with Gasteiger partial charge in [-0.05, 0) is 36.2 Å². The predicted octanol–water partition coefficient (Wildman–Crippen LogP) is 2.56. The standard InChI is InChI=1S/C18H17N3O5S/c1-11-3-5-14(18-20-12(2)26-21-18)8-17(11)27(22,23)19-9-13-4-6-15-16(7-13)25-10-24-15/h3-8,19H,9-10H2,1-2H3. The molecule has 0 atom stereocenters. The van der Waals surface area contributed by atoms with E-state index in [2.05, 4.69) is 14.9 Å². The quantitative estimate of drug-likeness (QED) is 0.717. The lowest BCUT2D eigenvalue weighted by Gasteiger charge is -2.11. The SMILES string of the molecule is Cc1nc(-c2ccc(C)c(S(=O)(=O)NCc3ccc4c(c3)OCO4)c2)no1. The number of nitrogens with one attached hydrogen (secondary N) is 1. The van der Waals surface area contributed by atoms with Crippen LogP contribution in [0, 0.1) is 13.8 Å². The molecule has 1 aliphatic rings. The van der Waals surface area contributed by atoms with E-state index in [1.165, 1.54) is 0 Å². The maximum absolute atomic E-state index is 12.8. The number of hydrogen-bond acceptors (Lipinski definition) is 7. The molecule has 9 heteroatoms. The van der Waals surface area contributed by atoms with E-state index in [0.717, 1.165) is 5.56 Å². The zero-order valence-corrected chi connectivity index (χ0v) is 15.5. The van der Waals surface area contributed by atoms with Crippen molar-refractivity contribution in [2.75, 3.05) is 6.79 Å². The van der Waals surface area contributed by atoms with E-state index in [4.69, 9.17) is 14.0 Å². The van der Waals surface area contributed by atoms with Gasteiger partial charge in [0.1, 0.15) is 0 Å². The number of nitrogens with zero attached hydrogens (tertiary/aromatic N) is 2. The number of sulfonamides is 1. The van der Waals surface area contributed by atoms with Crippen LogP contribution >= 0.6 is 0 Å². The Labute approximate surface area is 156 Å². The first-order chi connectivity index (χ1) is 12.9. The minimum atomic E-state index is -3.74. The van der Waals surface area contributed by atoms with Crippen LogP contribution in [0.3, 0.4) is 0 Å². The molecule has 8 nitrogen and oxygen atoms in total. The van der Waals surface area contributed by atoms with E-state index in [0.29, 0.717) is 34.3 Å². The van der Waals surface area contributed by atoms with Gasteiger partial charge in [0.2, 0.25) is 28.5 Å². The zero-order valence-electron chi connectivity index (χ0n) is 14.7. The molecule has 0 fully saturated rings. The summed E-state index contributed by atoms with van der Waals surface area (Å²) in [4.78, 5) is 4.31. The summed E-state index contributed by atoms with van der Waals surface area (Å²) in [6, 6.07) is 10.3. The summed E-state index contributed by atoms with van der Waals surface area (Å²) in [5.74, 6) is 2.02. The zero-order chi connectivity index (χ0) is 19.0. The molecule has 0 unspecified atom stereocenters. The summed E-state index contributed by atoms with van der Waals surface area (Å²) < 4.78 is 43.8. The van der Waals surface area contributed by atoms with Gasteiger partial charge in [0, 0.05) is 19.0 Å². The molecule has 3 aromatic rings. The maximum atomic E-state index is 12.8. The molecule has 0 radical (unpaired) electrons. The Bertz CT molecular complexity index is 1110. The molecule has 4 rings (SSSR count). The summed E-state index contributed by atoms with van der Waals surface area (Å²) in [6.45, 7) is 3.71. The molecule has 140 valence electrons. The van der Waals surface area contributed by atoms with Gasteiger partial charge < -0.3 is 14.0 Å². The fourth-order valence-electron chi connectivity index (χ4n) is 2.75. The van der Waals surface area contributed by atoms with E-state index in [1.54, 1.807) is 50.2 Å². The summed E-state index contributed by atoms with van der Waals surface area (Å²) in [5, 5.41) is 3.84. The second-order valence-corrected chi connectivity index (χ2v) is 7.86. The molecular weight excluding hydrogens is 370 g/mol. The summed E-state index contributed by atoms with van der Waals surface area (Å²) >= 11 is 0. The number of benzene rings is 2. The highest BCUT2D eigenvalue weighted by Crippen LogP contribution is 2.32. The van der Waals surface area contributed by atoms with E-state index in [-0.39, 0.29) is 18.2 Å². The summed E-state index contributed by atoms with van der Waals surface area (Å²) in [6.07, 6.45) is 0. The first-order valence-electron chi connectivity index (χ1n) is 8.22. The second kappa shape index (κ2) is 6.67. The Kier molecular flexibility index (Phi) is 4.33. The van der Waals surface area contributed by atoms with Crippen molar-refractivity contribution in [1.29, 1.82) is 0 Å². The highest BCUT2D eigenvalue weighted by molar-refractivity contribution is 7.89. The third kappa shape index (κ3) is 3.51. The van der Waals surface area contributed by atoms with Crippen LogP contribution in [0.4, 0.5) is 0 Å². The molecule has 0 bridgehead atoms. The Morgan fingerprint density at radius 2 is 1.89 bits per heavy atom. The number of hydrogen-bond donors (Lipinski definition) is 1. The molecule has 1 N–H and O–H groups in total. The van der Waals surface area contributed by atoms with Crippen molar-refractivity contribution in [3.8, 4) is 22.9 Å². The van der Waals surface area contributed by atoms with Crippen LogP contribution in [0.15, 0.2) is 45.8 Å². The minimum Gasteiger partial charge on any atom is -0.454 e. The molecule has 2 heterocycles. The van der Waals surface area contributed by atoms with Gasteiger partial charge in [0.15, 0.2) is 11.5 Å². The van der Waals surface area contributed by atoms with Crippen molar-refractivity contribution in [3.63, 3.8) is 0 Å². The van der Waals surface area contributed by atoms with Gasteiger partial charge in [-0.15, -0.1) is 0 Å². The van der Waals surface area contributed by atoms with Gasteiger partial charge in [-0.2, -0.15) is 4.98 Å². The topological polar surface area (TPSA) is 104 Å². The number of ether oxygens (including phenoxy) is 2. The van der Waals surface area contributed by atoms with Crippen LogP contribution in [0.5, 0.6) is 11.5 Å². The smallest absolute Gasteiger partial charge is 0.241 e. The van der Waals surface area contributed by atoms with Crippen LogP contribution in [0.1, 0.15) is 17.0 Å². The molecule has 0 saturated carbocycles. The summed E-state index contributed by atoms with van der Waals surface area (Å²) in [5.41, 5.74) is 1.96. The molecule has 27 heavy (non-hydrogen) atoms. The number of fused-ring (bicyclic) bond motifs is 1. The third-order valence-electron chi connectivity index (χ3n) is 4.17. The average molecular weight is 387 g/mol. The minimum absolute atomic E-state index is 0.129. The molecule has 0 spiro atoms. The van der Waals surface area contributed by atoms with Gasteiger partial charge >= 0.3 is 0 Å². The van der Waals surface area contributed by atoms with Crippen molar-refractivity contribution in [2.24, 2.45) is 0 Å². The van der Waals surface area contributed by atoms with Gasteiger partial charge in [0.05, 0.1) is 4.90 Å². The molecular formula is C18H17N3O5S. The highest BCUT2D eigenvalue weighted by Gasteiger charge is 2.20. The van der Waals surface area contributed by atoms with Gasteiger partial charge in [0.25, 0.3) is 0 Å². The molecule has 1 aliphatic heterocycles.